The van der Waals surface area contributed by atoms with Crippen molar-refractivity contribution < 1.29 is 14.7 Å². The molecule has 0 atom stereocenters. The molecule has 0 radical (unpaired) electrons. The number of hydrogen-bond acceptors (Lipinski definition) is 3. The Balaban J connectivity index is 1.88. The summed E-state index contributed by atoms with van der Waals surface area (Å²) in [5.41, 5.74) is 7.79. The van der Waals surface area contributed by atoms with Crippen LogP contribution in [0.1, 0.15) is 31.8 Å². The van der Waals surface area contributed by atoms with Crippen LogP contribution in [0.15, 0.2) is 60.7 Å². The number of nitrogens with one attached hydrogen (secondary N) is 1. The first-order valence-electron chi connectivity index (χ1n) is 9.23. The molecule has 0 saturated carbocycles. The molecule has 0 bridgehead atoms. The van der Waals surface area contributed by atoms with Crippen LogP contribution >= 0.6 is 0 Å². The third-order valence-electron chi connectivity index (χ3n) is 5.24. The first kappa shape index (κ1) is 18.5. The highest BCUT2D eigenvalue weighted by atomic mass is 16.3. The van der Waals surface area contributed by atoms with Gasteiger partial charge in [-0.15, -0.1) is 0 Å². The summed E-state index contributed by atoms with van der Waals surface area (Å²) in [5, 5.41) is 16.4. The van der Waals surface area contributed by atoms with E-state index < -0.39 is 11.8 Å². The van der Waals surface area contributed by atoms with E-state index in [-0.39, 0.29) is 16.9 Å². The zero-order valence-corrected chi connectivity index (χ0v) is 16.1. The lowest BCUT2D eigenvalue weighted by molar-refractivity contribution is 0.0978. The Morgan fingerprint density at radius 1 is 0.931 bits per heavy atom. The summed E-state index contributed by atoms with van der Waals surface area (Å²) in [6, 6.07) is 18.5. The largest absolute Gasteiger partial charge is 0.507 e. The summed E-state index contributed by atoms with van der Waals surface area (Å²) in [4.78, 5) is 25.4. The number of hydrogen-bond donors (Lipinski definition) is 3. The highest BCUT2D eigenvalue weighted by Crippen LogP contribution is 2.34. The molecule has 2 amide bonds. The molecule has 0 aromatic heterocycles. The van der Waals surface area contributed by atoms with E-state index in [1.54, 1.807) is 32.0 Å². The molecule has 0 fully saturated rings. The second kappa shape index (κ2) is 6.95. The molecular formula is C24H20N2O3. The number of nitrogens with two attached hydrogens (primary N) is 1. The van der Waals surface area contributed by atoms with Crippen LogP contribution in [0.25, 0.3) is 21.5 Å². The molecule has 4 N–H and O–H groups in total. The van der Waals surface area contributed by atoms with Gasteiger partial charge in [0.05, 0.1) is 11.1 Å². The lowest BCUT2D eigenvalue weighted by Crippen LogP contribution is -2.21. The van der Waals surface area contributed by atoms with Crippen LogP contribution < -0.4 is 11.1 Å². The zero-order chi connectivity index (χ0) is 20.7. The molecule has 4 aromatic rings. The average Bonchev–Trinajstić information content (AvgIpc) is 2.71. The van der Waals surface area contributed by atoms with E-state index in [1.165, 1.54) is 0 Å². The van der Waals surface area contributed by atoms with Gasteiger partial charge in [-0.2, -0.15) is 0 Å². The van der Waals surface area contributed by atoms with Crippen LogP contribution in [0.2, 0.25) is 0 Å². The van der Waals surface area contributed by atoms with E-state index >= 15 is 0 Å². The molecule has 0 saturated heterocycles. The van der Waals surface area contributed by atoms with Gasteiger partial charge in [0.25, 0.3) is 5.91 Å². The first-order valence-corrected chi connectivity index (χ1v) is 9.23. The third-order valence-corrected chi connectivity index (χ3v) is 5.24. The molecule has 29 heavy (non-hydrogen) atoms. The number of carbonyl (C=O) groups is 2. The molecule has 0 unspecified atom stereocenters. The number of primary amides is 1. The summed E-state index contributed by atoms with van der Waals surface area (Å²) in [6.45, 7) is 3.50. The number of carbonyl (C=O) groups excluding carboxylic acids is 2. The molecule has 0 spiro atoms. The predicted molar refractivity (Wildman–Crippen MR) is 116 cm³/mol. The minimum absolute atomic E-state index is 0.0895. The van der Waals surface area contributed by atoms with Crippen molar-refractivity contribution in [1.29, 1.82) is 0 Å². The Kier molecular flexibility index (Phi) is 4.43. The lowest BCUT2D eigenvalue weighted by atomic mass is 9.92. The van der Waals surface area contributed by atoms with E-state index in [1.807, 2.05) is 42.5 Å². The number of benzene rings is 4. The van der Waals surface area contributed by atoms with Gasteiger partial charge in [-0.3, -0.25) is 9.59 Å². The van der Waals surface area contributed by atoms with E-state index in [0.717, 1.165) is 16.2 Å². The van der Waals surface area contributed by atoms with Crippen molar-refractivity contribution in [3.05, 3.63) is 82.9 Å². The van der Waals surface area contributed by atoms with Crippen molar-refractivity contribution in [2.75, 3.05) is 5.32 Å². The Bertz CT molecular complexity index is 1300. The fraction of sp³-hybridized carbons (Fsp3) is 0.0833. The molecule has 4 rings (SSSR count). The Morgan fingerprint density at radius 3 is 2.41 bits per heavy atom. The van der Waals surface area contributed by atoms with Crippen LogP contribution in [0, 0.1) is 13.8 Å². The second-order valence-corrected chi connectivity index (χ2v) is 7.10. The minimum Gasteiger partial charge on any atom is -0.507 e. The van der Waals surface area contributed by atoms with Crippen LogP contribution in [0.3, 0.4) is 0 Å². The minimum atomic E-state index is -0.718. The summed E-state index contributed by atoms with van der Waals surface area (Å²) < 4.78 is 0. The molecular weight excluding hydrogens is 364 g/mol. The van der Waals surface area contributed by atoms with Crippen molar-refractivity contribution in [3.8, 4) is 5.75 Å². The topological polar surface area (TPSA) is 92.4 Å². The lowest BCUT2D eigenvalue weighted by Gasteiger charge is -2.15. The highest BCUT2D eigenvalue weighted by molar-refractivity contribution is 6.19. The smallest absolute Gasteiger partial charge is 0.256 e. The normalized spacial score (nSPS) is 11.0. The Labute approximate surface area is 167 Å². The molecule has 4 aromatic carbocycles. The van der Waals surface area contributed by atoms with Gasteiger partial charge in [-0.25, -0.2) is 0 Å². The fourth-order valence-electron chi connectivity index (χ4n) is 3.83. The van der Waals surface area contributed by atoms with Crippen molar-refractivity contribution in [1.82, 2.24) is 0 Å². The van der Waals surface area contributed by atoms with E-state index in [9.17, 15) is 14.7 Å². The predicted octanol–water partition coefficient (Wildman–Crippen LogP) is 4.67. The number of phenols is 1. The number of aromatic hydroxyl groups is 1. The van der Waals surface area contributed by atoms with Gasteiger partial charge in [-0.1, -0.05) is 42.5 Å². The van der Waals surface area contributed by atoms with Gasteiger partial charge in [0.15, 0.2) is 0 Å². The van der Waals surface area contributed by atoms with Crippen molar-refractivity contribution in [2.45, 2.75) is 13.8 Å². The maximum absolute atomic E-state index is 13.1. The molecule has 0 aliphatic heterocycles. The monoisotopic (exact) mass is 384 g/mol. The number of rotatable bonds is 3. The highest BCUT2D eigenvalue weighted by Gasteiger charge is 2.22. The molecule has 0 aliphatic carbocycles. The molecule has 0 heterocycles. The standard InChI is InChI=1S/C24H20N2O3/c1-13-12-16-10-11-18(21(23(25)28)20(16)14(2)22(13)27)24(29)26-19-9-5-7-15-6-3-4-8-17(15)19/h3-12,27H,1-2H3,(H2,25,28)(H,26,29). The van der Waals surface area contributed by atoms with Crippen LogP contribution in [0.4, 0.5) is 5.69 Å². The average molecular weight is 384 g/mol. The number of anilines is 1. The van der Waals surface area contributed by atoms with Crippen LogP contribution in [-0.2, 0) is 0 Å². The molecule has 5 nitrogen and oxygen atoms in total. The summed E-state index contributed by atoms with van der Waals surface area (Å²) in [5.74, 6) is -1.06. The van der Waals surface area contributed by atoms with Gasteiger partial charge >= 0.3 is 0 Å². The van der Waals surface area contributed by atoms with Gasteiger partial charge < -0.3 is 16.2 Å². The summed E-state index contributed by atoms with van der Waals surface area (Å²) in [7, 11) is 0. The Hall–Kier alpha value is -3.86. The maximum atomic E-state index is 13.1. The quantitative estimate of drug-likeness (QED) is 0.479. The van der Waals surface area contributed by atoms with Crippen molar-refractivity contribution in [2.24, 2.45) is 5.73 Å². The Morgan fingerprint density at radius 2 is 1.66 bits per heavy atom. The summed E-state index contributed by atoms with van der Waals surface area (Å²) in [6.07, 6.45) is 0. The van der Waals surface area contributed by atoms with Gasteiger partial charge in [0, 0.05) is 16.5 Å². The van der Waals surface area contributed by atoms with E-state index in [2.05, 4.69) is 5.32 Å². The molecule has 5 heteroatoms. The third kappa shape index (κ3) is 3.06. The fourth-order valence-corrected chi connectivity index (χ4v) is 3.83. The van der Waals surface area contributed by atoms with Gasteiger partial charge in [0.2, 0.25) is 5.91 Å². The van der Waals surface area contributed by atoms with E-state index in [4.69, 9.17) is 5.73 Å². The second-order valence-electron chi connectivity index (χ2n) is 7.10. The van der Waals surface area contributed by atoms with Gasteiger partial charge in [0.1, 0.15) is 5.75 Å². The van der Waals surface area contributed by atoms with Crippen LogP contribution in [-0.4, -0.2) is 16.9 Å². The van der Waals surface area contributed by atoms with E-state index in [0.29, 0.717) is 22.2 Å². The first-order chi connectivity index (χ1) is 13.9. The van der Waals surface area contributed by atoms with Gasteiger partial charge in [-0.05, 0) is 53.9 Å². The number of amides is 2. The van der Waals surface area contributed by atoms with Crippen molar-refractivity contribution in [3.63, 3.8) is 0 Å². The number of phenolic OH excluding ortho intramolecular Hbond substituents is 1. The van der Waals surface area contributed by atoms with Crippen LogP contribution in [0.5, 0.6) is 5.75 Å². The maximum Gasteiger partial charge on any atom is 0.256 e. The zero-order valence-electron chi connectivity index (χ0n) is 16.1. The number of fused-ring (bicyclic) bond motifs is 2. The number of aryl methyl sites for hydroxylation is 2. The SMILES string of the molecule is Cc1cc2ccc(C(=O)Nc3cccc4ccccc34)c(C(N)=O)c2c(C)c1O. The van der Waals surface area contributed by atoms with Crippen molar-refractivity contribution >= 4 is 39.0 Å². The molecule has 0 aliphatic rings. The summed E-state index contributed by atoms with van der Waals surface area (Å²) >= 11 is 0. The molecule has 144 valence electrons.